The molecule has 0 aliphatic carbocycles. The standard InChI is InChI=1S/C20H20ClFN4O4S.C19H16ClF2N3O4S.C18H15ClFN3O4S/c1-11-9-26(5-4-18(11)27)31(29,30)13-7-14(19-17(8-13)23-10-24-19)20(28)25-12-2-3-16(22)15(21)6-12;20-14-6-11(1-2-15(14)21)24-19(27)13-7-12(5-10-3-4-23-18(10)13)30(28,29)25-8-16(22)17(26)9-25;19-15-6-11(1-2-16(15)20)22-18(25)14-7-13(5-10-3-4-21-17(10)14)28(26,27)23-8-12(24)9-23/h2-3,6-8,10-11,18,27H,4-5,9H2,1H3,(H,23,24)(H,25,28);1-7,16-17,23,26H,8-9H2,(H,24,27);1-7,12,21,24H,8-9H2,(H,22,25). The number of imidazole rings is 1. The van der Waals surface area contributed by atoms with Crippen LogP contribution >= 0.6 is 34.8 Å². The number of fused-ring (bicyclic) bond motifs is 3. The Morgan fingerprint density at radius 1 is 0.539 bits per heavy atom. The lowest BCUT2D eigenvalue weighted by atomic mass is 9.99. The first-order chi connectivity index (χ1) is 42.1. The molecule has 0 radical (unpaired) electrons. The van der Waals surface area contributed by atoms with E-state index in [0.717, 1.165) is 26.8 Å². The number of aliphatic hydroxyl groups excluding tert-OH is 3. The Labute approximate surface area is 519 Å². The molecule has 3 aliphatic heterocycles. The van der Waals surface area contributed by atoms with Crippen molar-refractivity contribution >= 4 is 132 Å². The molecule has 0 saturated carbocycles. The first-order valence-electron chi connectivity index (χ1n) is 26.8. The van der Waals surface area contributed by atoms with Crippen LogP contribution in [-0.4, -0.2) is 155 Å². The van der Waals surface area contributed by atoms with Gasteiger partial charge in [0.05, 0.1) is 81.5 Å². The molecule has 22 nitrogen and oxygen atoms in total. The van der Waals surface area contributed by atoms with Gasteiger partial charge in [0.15, 0.2) is 0 Å². The molecule has 89 heavy (non-hydrogen) atoms. The number of hydrogen-bond donors (Lipinski definition) is 9. The number of nitrogens with zero attached hydrogens (tertiary/aromatic N) is 4. The summed E-state index contributed by atoms with van der Waals surface area (Å²) in [7, 11) is -11.9. The molecule has 6 heterocycles. The summed E-state index contributed by atoms with van der Waals surface area (Å²) < 4.78 is 135. The Morgan fingerprint density at radius 2 is 0.966 bits per heavy atom. The summed E-state index contributed by atoms with van der Waals surface area (Å²) in [5, 5.41) is 37.2. The van der Waals surface area contributed by atoms with E-state index in [-0.39, 0.29) is 102 Å². The number of aliphatic hydroxyl groups is 3. The molecule has 6 aromatic carbocycles. The van der Waals surface area contributed by atoms with Crippen molar-refractivity contribution in [3.05, 3.63) is 171 Å². The van der Waals surface area contributed by atoms with Crippen LogP contribution in [0.1, 0.15) is 44.4 Å². The number of anilines is 3. The van der Waals surface area contributed by atoms with E-state index in [2.05, 4.69) is 35.9 Å². The van der Waals surface area contributed by atoms with Gasteiger partial charge in [0.25, 0.3) is 17.7 Å². The third kappa shape index (κ3) is 13.7. The maximum atomic E-state index is 13.7. The van der Waals surface area contributed by atoms with Crippen molar-refractivity contribution in [2.75, 3.05) is 55.2 Å². The van der Waals surface area contributed by atoms with Gasteiger partial charge in [-0.15, -0.1) is 0 Å². The number of alkyl halides is 1. The summed E-state index contributed by atoms with van der Waals surface area (Å²) in [5.41, 5.74) is 2.47. The van der Waals surface area contributed by atoms with Crippen molar-refractivity contribution in [1.82, 2.24) is 32.9 Å². The SMILES string of the molecule is CC1CN(S(=O)(=O)c2cc(C(=O)Nc3ccc(F)c(Cl)c3)c3nc[nH]c3c2)CCC1O.O=C(Nc1ccc(F)c(Cl)c1)c1cc(S(=O)(=O)N2CC(O)C(F)C2)cc2cc[nH]c12.O=C(Nc1ccc(F)c(Cl)c1)c1cc(S(=O)(=O)N2CC(O)C2)cc2cc[nH]c12. The Bertz CT molecular complexity index is 4600. The number of rotatable bonds is 12. The Hall–Kier alpha value is -7.52. The highest BCUT2D eigenvalue weighted by Crippen LogP contribution is 2.33. The van der Waals surface area contributed by atoms with Gasteiger partial charge in [-0.2, -0.15) is 12.9 Å². The number of nitrogens with one attached hydrogen (secondary N) is 6. The third-order valence-corrected chi connectivity index (χ3v) is 21.1. The quantitative estimate of drug-likeness (QED) is 0.0519. The van der Waals surface area contributed by atoms with E-state index in [1.807, 2.05) is 0 Å². The zero-order valence-electron chi connectivity index (χ0n) is 46.1. The fourth-order valence-corrected chi connectivity index (χ4v) is 15.1. The average molecular weight is 1350 g/mol. The van der Waals surface area contributed by atoms with Gasteiger partial charge in [0, 0.05) is 79.5 Å². The predicted molar refractivity (Wildman–Crippen MR) is 324 cm³/mol. The highest BCUT2D eigenvalue weighted by atomic mass is 35.5. The van der Waals surface area contributed by atoms with Crippen LogP contribution in [0.3, 0.4) is 0 Å². The number of carbonyl (C=O) groups excluding carboxylic acids is 3. The lowest BCUT2D eigenvalue weighted by molar-refractivity contribution is 0.0548. The first kappa shape index (κ1) is 64.5. The van der Waals surface area contributed by atoms with Gasteiger partial charge in [0.1, 0.15) is 35.2 Å². The van der Waals surface area contributed by atoms with Crippen molar-refractivity contribution < 1.29 is 72.5 Å². The Balaban J connectivity index is 0.000000147. The van der Waals surface area contributed by atoms with Crippen molar-refractivity contribution in [3.8, 4) is 0 Å². The van der Waals surface area contributed by atoms with Crippen molar-refractivity contribution in [2.45, 2.75) is 52.5 Å². The molecule has 0 bridgehead atoms. The van der Waals surface area contributed by atoms with E-state index in [9.17, 15) is 72.5 Å². The minimum Gasteiger partial charge on any atom is -0.393 e. The second-order valence-corrected chi connectivity index (χ2v) is 28.0. The average Bonchev–Trinajstić information content (AvgIpc) is 1.84. The van der Waals surface area contributed by atoms with Crippen LogP contribution in [-0.2, 0) is 30.1 Å². The second-order valence-electron chi connectivity index (χ2n) is 20.9. The van der Waals surface area contributed by atoms with Crippen molar-refractivity contribution in [2.24, 2.45) is 5.92 Å². The summed E-state index contributed by atoms with van der Waals surface area (Å²) in [5.74, 6) is -3.92. The Kier molecular flexibility index (Phi) is 18.7. The molecule has 3 aromatic heterocycles. The maximum Gasteiger partial charge on any atom is 0.257 e. The van der Waals surface area contributed by atoms with Gasteiger partial charge in [-0.25, -0.2) is 47.8 Å². The fraction of sp³-hybridized carbons (Fsp3) is 0.228. The number of aromatic nitrogens is 4. The topological polar surface area (TPSA) is 320 Å². The summed E-state index contributed by atoms with van der Waals surface area (Å²) in [6.07, 6.45) is 0.534. The number of hydrogen-bond acceptors (Lipinski definition) is 13. The van der Waals surface area contributed by atoms with E-state index in [1.165, 1.54) is 83.4 Å². The molecule has 9 aromatic rings. The van der Waals surface area contributed by atoms with E-state index < -0.39 is 96.3 Å². The molecule has 3 fully saturated rings. The van der Waals surface area contributed by atoms with Crippen molar-refractivity contribution in [1.29, 1.82) is 0 Å². The lowest BCUT2D eigenvalue weighted by Crippen LogP contribution is -2.53. The van der Waals surface area contributed by atoms with Crippen LogP contribution in [0.4, 0.5) is 34.6 Å². The normalized spacial score (nSPS) is 18.6. The molecule has 9 N–H and O–H groups in total. The van der Waals surface area contributed by atoms with Gasteiger partial charge in [-0.05, 0) is 115 Å². The number of sulfonamides is 3. The van der Waals surface area contributed by atoms with E-state index in [0.29, 0.717) is 39.3 Å². The van der Waals surface area contributed by atoms with Crippen molar-refractivity contribution in [3.63, 3.8) is 0 Å². The van der Waals surface area contributed by atoms with E-state index >= 15 is 0 Å². The number of β-amino-alcohol motifs (C(OH)–C–C–N with tert-alkyl or cyclic N) is 2. The van der Waals surface area contributed by atoms with Crippen LogP contribution in [0, 0.1) is 23.4 Å². The van der Waals surface area contributed by atoms with E-state index in [1.54, 1.807) is 31.5 Å². The number of amides is 3. The summed E-state index contributed by atoms with van der Waals surface area (Å²) in [4.78, 5) is 51.0. The maximum absolute atomic E-state index is 13.7. The zero-order chi connectivity index (χ0) is 64.0. The van der Waals surface area contributed by atoms with Gasteiger partial charge in [-0.1, -0.05) is 41.7 Å². The molecule has 3 saturated heterocycles. The molecule has 3 aliphatic rings. The Morgan fingerprint density at radius 3 is 1.39 bits per heavy atom. The molecular formula is C57H51Cl3F4N10O12S3. The van der Waals surface area contributed by atoms with Gasteiger partial charge in [-0.3, -0.25) is 14.4 Å². The second kappa shape index (κ2) is 25.8. The fourth-order valence-electron chi connectivity index (χ4n) is 9.89. The van der Waals surface area contributed by atoms with Gasteiger partial charge in [0.2, 0.25) is 30.1 Å². The monoisotopic (exact) mass is 1340 g/mol. The molecule has 0 spiro atoms. The van der Waals surface area contributed by atoms with Crippen LogP contribution in [0.25, 0.3) is 32.8 Å². The van der Waals surface area contributed by atoms with E-state index in [4.69, 9.17) is 34.8 Å². The molecular weight excluding hydrogens is 1300 g/mol. The smallest absolute Gasteiger partial charge is 0.257 e. The number of H-pyrrole nitrogens is 3. The highest BCUT2D eigenvalue weighted by molar-refractivity contribution is 7.89. The highest BCUT2D eigenvalue weighted by Gasteiger charge is 2.40. The molecule has 3 amide bonds. The lowest BCUT2D eigenvalue weighted by Gasteiger charge is -2.34. The summed E-state index contributed by atoms with van der Waals surface area (Å²) in [6, 6.07) is 22.4. The first-order valence-corrected chi connectivity index (χ1v) is 32.2. The number of halogens is 7. The molecule has 12 rings (SSSR count). The minimum atomic E-state index is -4.15. The molecule has 468 valence electrons. The number of carbonyl (C=O) groups is 3. The molecule has 4 unspecified atom stereocenters. The predicted octanol–water partition coefficient (Wildman–Crippen LogP) is 8.49. The number of benzene rings is 6. The summed E-state index contributed by atoms with van der Waals surface area (Å²) >= 11 is 17.2. The summed E-state index contributed by atoms with van der Waals surface area (Å²) in [6.45, 7) is 1.35. The van der Waals surface area contributed by atoms with Crippen LogP contribution < -0.4 is 16.0 Å². The van der Waals surface area contributed by atoms with Crippen LogP contribution in [0.2, 0.25) is 15.1 Å². The van der Waals surface area contributed by atoms with Gasteiger partial charge >= 0.3 is 0 Å². The molecule has 32 heteroatoms. The number of aromatic amines is 3. The number of piperidine rings is 1. The van der Waals surface area contributed by atoms with Crippen LogP contribution in [0.15, 0.2) is 137 Å². The third-order valence-electron chi connectivity index (χ3n) is 14.8. The van der Waals surface area contributed by atoms with Crippen LogP contribution in [0.5, 0.6) is 0 Å². The zero-order valence-corrected chi connectivity index (χ0v) is 50.8. The largest absolute Gasteiger partial charge is 0.393 e. The molecule has 4 atom stereocenters. The van der Waals surface area contributed by atoms with Gasteiger partial charge < -0.3 is 46.2 Å². The minimum absolute atomic E-state index is 0.0170.